The number of anilines is 1. The van der Waals surface area contributed by atoms with E-state index in [-0.39, 0.29) is 5.69 Å². The molecule has 4 rings (SSSR count). The predicted octanol–water partition coefficient (Wildman–Crippen LogP) is 0.343. The highest BCUT2D eigenvalue weighted by Crippen LogP contribution is 2.26. The summed E-state index contributed by atoms with van der Waals surface area (Å²) in [6, 6.07) is 4.49. The zero-order valence-corrected chi connectivity index (χ0v) is 13.9. The lowest BCUT2D eigenvalue weighted by atomic mass is 10.1. The number of aromatic nitrogens is 4. The van der Waals surface area contributed by atoms with Gasteiger partial charge in [0.1, 0.15) is 0 Å². The van der Waals surface area contributed by atoms with Gasteiger partial charge in [0.05, 0.1) is 5.69 Å². The van der Waals surface area contributed by atoms with Crippen molar-refractivity contribution in [3.05, 3.63) is 46.3 Å². The summed E-state index contributed by atoms with van der Waals surface area (Å²) in [5, 5.41) is 8.74. The van der Waals surface area contributed by atoms with Crippen LogP contribution in [0.25, 0.3) is 0 Å². The molecule has 1 aliphatic carbocycles. The molecule has 0 unspecified atom stereocenters. The molecule has 0 atom stereocenters. The lowest BCUT2D eigenvalue weighted by Gasteiger charge is -2.44. The summed E-state index contributed by atoms with van der Waals surface area (Å²) in [6.07, 6.45) is 6.73. The molecule has 0 bridgehead atoms. The van der Waals surface area contributed by atoms with E-state index in [1.807, 2.05) is 0 Å². The van der Waals surface area contributed by atoms with Crippen LogP contribution >= 0.6 is 0 Å². The molecular formula is C17H22N6O. The zero-order chi connectivity index (χ0) is 16.5. The van der Waals surface area contributed by atoms with Crippen LogP contribution in [0.2, 0.25) is 0 Å². The average Bonchev–Trinajstić information content (AvgIpc) is 3.00. The molecule has 126 valence electrons. The third kappa shape index (κ3) is 2.91. The van der Waals surface area contributed by atoms with Crippen LogP contribution in [0.4, 0.5) is 5.82 Å². The highest BCUT2D eigenvalue weighted by atomic mass is 16.1. The highest BCUT2D eigenvalue weighted by molar-refractivity contribution is 5.45. The topological polar surface area (TPSA) is 67.2 Å². The normalized spacial score (nSPS) is 17.2. The van der Waals surface area contributed by atoms with Crippen LogP contribution in [0.1, 0.15) is 17.7 Å². The van der Waals surface area contributed by atoms with Crippen molar-refractivity contribution in [2.75, 3.05) is 31.6 Å². The summed E-state index contributed by atoms with van der Waals surface area (Å²) in [7, 11) is 2.11. The number of rotatable bonds is 5. The Labute approximate surface area is 140 Å². The lowest BCUT2D eigenvalue weighted by Crippen LogP contribution is -2.59. The maximum Gasteiger partial charge on any atom is 0.347 e. The van der Waals surface area contributed by atoms with E-state index in [1.54, 1.807) is 16.8 Å². The predicted molar refractivity (Wildman–Crippen MR) is 91.2 cm³/mol. The smallest absolute Gasteiger partial charge is 0.347 e. The van der Waals surface area contributed by atoms with E-state index in [2.05, 4.69) is 38.1 Å². The van der Waals surface area contributed by atoms with Crippen LogP contribution in [0.3, 0.4) is 0 Å². The van der Waals surface area contributed by atoms with Crippen molar-refractivity contribution >= 4 is 5.82 Å². The second-order valence-electron chi connectivity index (χ2n) is 6.66. The third-order valence-corrected chi connectivity index (χ3v) is 5.09. The summed E-state index contributed by atoms with van der Waals surface area (Å²) >= 11 is 0. The van der Waals surface area contributed by atoms with E-state index in [0.717, 1.165) is 38.3 Å². The largest absolute Gasteiger partial charge is 0.352 e. The fourth-order valence-corrected chi connectivity index (χ4v) is 3.40. The van der Waals surface area contributed by atoms with Crippen LogP contribution in [0.5, 0.6) is 0 Å². The first-order valence-electron chi connectivity index (χ1n) is 8.53. The zero-order valence-electron chi connectivity index (χ0n) is 13.9. The standard InChI is InChI=1S/C17H22N6O/c1-21(8-9-22-7-3-6-18-17(22)24)14-11-23(12-14)16-10-13-4-2-5-15(13)19-20-16/h3,6-7,10,14H,2,4-5,8-9,11-12H2,1H3. The van der Waals surface area contributed by atoms with Crippen LogP contribution in [-0.2, 0) is 19.4 Å². The molecule has 2 aromatic rings. The molecule has 0 N–H and O–H groups in total. The Hall–Kier alpha value is -2.28. The molecule has 2 aromatic heterocycles. The Bertz CT molecular complexity index is 783. The molecule has 7 nitrogen and oxygen atoms in total. The lowest BCUT2D eigenvalue weighted by molar-refractivity contribution is 0.196. The Balaban J connectivity index is 1.31. The first-order valence-corrected chi connectivity index (χ1v) is 8.53. The minimum Gasteiger partial charge on any atom is -0.352 e. The van der Waals surface area contributed by atoms with Gasteiger partial charge >= 0.3 is 5.69 Å². The van der Waals surface area contributed by atoms with Crippen molar-refractivity contribution in [2.45, 2.75) is 31.8 Å². The molecule has 0 aromatic carbocycles. The first-order chi connectivity index (χ1) is 11.7. The van der Waals surface area contributed by atoms with Gasteiger partial charge in [-0.1, -0.05) is 0 Å². The number of nitrogens with zero attached hydrogens (tertiary/aromatic N) is 6. The van der Waals surface area contributed by atoms with Crippen molar-refractivity contribution in [2.24, 2.45) is 0 Å². The summed E-state index contributed by atoms with van der Waals surface area (Å²) in [4.78, 5) is 20.0. The van der Waals surface area contributed by atoms with Crippen molar-refractivity contribution in [3.8, 4) is 0 Å². The van der Waals surface area contributed by atoms with E-state index in [0.29, 0.717) is 12.6 Å². The molecule has 7 heteroatoms. The highest BCUT2D eigenvalue weighted by Gasteiger charge is 2.31. The van der Waals surface area contributed by atoms with Gasteiger partial charge in [-0.05, 0) is 44.0 Å². The summed E-state index contributed by atoms with van der Waals surface area (Å²) in [5.74, 6) is 1.00. The minimum atomic E-state index is -0.186. The Morgan fingerprint density at radius 3 is 3.00 bits per heavy atom. The van der Waals surface area contributed by atoms with Gasteiger partial charge in [-0.25, -0.2) is 9.78 Å². The summed E-state index contributed by atoms with van der Waals surface area (Å²) in [6.45, 7) is 3.43. The van der Waals surface area contributed by atoms with Crippen LogP contribution in [0, 0.1) is 0 Å². The van der Waals surface area contributed by atoms with Gasteiger partial charge in [0.2, 0.25) is 0 Å². The van der Waals surface area contributed by atoms with E-state index in [4.69, 9.17) is 0 Å². The van der Waals surface area contributed by atoms with Gasteiger partial charge in [0, 0.05) is 44.6 Å². The van der Waals surface area contributed by atoms with Crippen molar-refractivity contribution in [3.63, 3.8) is 0 Å². The molecule has 0 spiro atoms. The molecule has 1 saturated heterocycles. The summed E-state index contributed by atoms with van der Waals surface area (Å²) in [5.41, 5.74) is 2.36. The van der Waals surface area contributed by atoms with E-state index in [1.165, 1.54) is 23.9 Å². The monoisotopic (exact) mass is 326 g/mol. The van der Waals surface area contributed by atoms with E-state index >= 15 is 0 Å². The van der Waals surface area contributed by atoms with Gasteiger partial charge in [-0.15, -0.1) is 5.10 Å². The molecule has 0 radical (unpaired) electrons. The SMILES string of the molecule is CN(CCn1cccnc1=O)C1CN(c2cc3c(nn2)CCC3)C1. The number of aryl methyl sites for hydroxylation is 2. The maximum absolute atomic E-state index is 11.6. The van der Waals surface area contributed by atoms with Crippen molar-refractivity contribution in [1.82, 2.24) is 24.6 Å². The quantitative estimate of drug-likeness (QED) is 0.789. The Morgan fingerprint density at radius 1 is 1.29 bits per heavy atom. The molecule has 2 aliphatic rings. The Morgan fingerprint density at radius 2 is 2.17 bits per heavy atom. The van der Waals surface area contributed by atoms with Crippen LogP contribution in [0.15, 0.2) is 29.3 Å². The second kappa shape index (κ2) is 6.32. The minimum absolute atomic E-state index is 0.186. The molecular weight excluding hydrogens is 304 g/mol. The van der Waals surface area contributed by atoms with E-state index in [9.17, 15) is 4.79 Å². The molecule has 3 heterocycles. The number of hydrogen-bond acceptors (Lipinski definition) is 6. The van der Waals surface area contributed by atoms with Gasteiger partial charge in [-0.2, -0.15) is 5.10 Å². The van der Waals surface area contributed by atoms with Gasteiger partial charge < -0.3 is 4.90 Å². The average molecular weight is 326 g/mol. The van der Waals surface area contributed by atoms with Crippen LogP contribution < -0.4 is 10.6 Å². The first kappa shape index (κ1) is 15.3. The number of fused-ring (bicyclic) bond motifs is 1. The molecule has 1 fully saturated rings. The number of likely N-dealkylation sites (N-methyl/N-ethyl adjacent to an activating group) is 1. The van der Waals surface area contributed by atoms with Gasteiger partial charge in [0.25, 0.3) is 0 Å². The van der Waals surface area contributed by atoms with Crippen molar-refractivity contribution in [1.29, 1.82) is 0 Å². The fraction of sp³-hybridized carbons (Fsp3) is 0.529. The van der Waals surface area contributed by atoms with Crippen molar-refractivity contribution < 1.29 is 0 Å². The van der Waals surface area contributed by atoms with Crippen LogP contribution in [-0.4, -0.2) is 57.4 Å². The molecule has 24 heavy (non-hydrogen) atoms. The molecule has 0 saturated carbocycles. The number of hydrogen-bond donors (Lipinski definition) is 0. The second-order valence-corrected chi connectivity index (χ2v) is 6.66. The van der Waals surface area contributed by atoms with Gasteiger partial charge in [-0.3, -0.25) is 9.47 Å². The molecule has 0 amide bonds. The van der Waals surface area contributed by atoms with Gasteiger partial charge in [0.15, 0.2) is 5.82 Å². The van der Waals surface area contributed by atoms with E-state index < -0.39 is 0 Å². The maximum atomic E-state index is 11.6. The third-order valence-electron chi connectivity index (χ3n) is 5.09. The Kier molecular flexibility index (Phi) is 4.02. The summed E-state index contributed by atoms with van der Waals surface area (Å²) < 4.78 is 1.65. The molecule has 1 aliphatic heterocycles. The fourth-order valence-electron chi connectivity index (χ4n) is 3.40.